The zero-order valence-corrected chi connectivity index (χ0v) is 21.3. The SMILES string of the molecule is COc1ccc(F)c(-c2ccc(COc3cccc([C@H](CC(=O)O)C4CC4)c3)cc2CN2CCCC2)c1. The van der Waals surface area contributed by atoms with Crippen LogP contribution in [0.1, 0.15) is 54.7 Å². The Morgan fingerprint density at radius 1 is 1.03 bits per heavy atom. The predicted molar refractivity (Wildman–Crippen MR) is 141 cm³/mol. The number of carboxylic acid groups (broad SMARTS) is 1. The lowest BCUT2D eigenvalue weighted by molar-refractivity contribution is -0.137. The van der Waals surface area contributed by atoms with E-state index in [1.54, 1.807) is 19.2 Å². The Balaban J connectivity index is 1.37. The van der Waals surface area contributed by atoms with Crippen LogP contribution >= 0.6 is 0 Å². The average Bonchev–Trinajstić information content (AvgIpc) is 3.62. The van der Waals surface area contributed by atoms with Gasteiger partial charge in [-0.2, -0.15) is 0 Å². The maximum atomic E-state index is 14.9. The van der Waals surface area contributed by atoms with Crippen molar-refractivity contribution in [2.45, 2.75) is 51.2 Å². The molecule has 2 fully saturated rings. The summed E-state index contributed by atoms with van der Waals surface area (Å²) in [6.45, 7) is 3.23. The molecule has 6 heteroatoms. The molecule has 0 unspecified atom stereocenters. The number of hydrogen-bond acceptors (Lipinski definition) is 4. The number of rotatable bonds is 11. The number of ether oxygens (including phenoxy) is 2. The van der Waals surface area contributed by atoms with Gasteiger partial charge in [-0.3, -0.25) is 9.69 Å². The molecule has 5 nitrogen and oxygen atoms in total. The molecule has 1 heterocycles. The van der Waals surface area contributed by atoms with Gasteiger partial charge in [-0.15, -0.1) is 0 Å². The van der Waals surface area contributed by atoms with Crippen LogP contribution in [0.2, 0.25) is 0 Å². The highest BCUT2D eigenvalue weighted by atomic mass is 19.1. The van der Waals surface area contributed by atoms with Gasteiger partial charge >= 0.3 is 5.97 Å². The van der Waals surface area contributed by atoms with E-state index in [2.05, 4.69) is 11.0 Å². The van der Waals surface area contributed by atoms with Crippen molar-refractivity contribution in [3.63, 3.8) is 0 Å². The molecule has 2 aliphatic rings. The molecule has 0 aromatic heterocycles. The molecule has 1 N–H and O–H groups in total. The van der Waals surface area contributed by atoms with E-state index in [-0.39, 0.29) is 18.2 Å². The second-order valence-electron chi connectivity index (χ2n) is 10.2. The third-order valence-electron chi connectivity index (χ3n) is 7.50. The number of methoxy groups -OCH3 is 1. The van der Waals surface area contributed by atoms with E-state index >= 15 is 0 Å². The van der Waals surface area contributed by atoms with Crippen molar-refractivity contribution in [3.05, 3.63) is 83.2 Å². The number of benzene rings is 3. The van der Waals surface area contributed by atoms with Gasteiger partial charge in [0, 0.05) is 12.1 Å². The van der Waals surface area contributed by atoms with Crippen molar-refractivity contribution in [2.24, 2.45) is 5.92 Å². The third-order valence-corrected chi connectivity index (χ3v) is 7.50. The van der Waals surface area contributed by atoms with Gasteiger partial charge < -0.3 is 14.6 Å². The molecule has 1 aliphatic heterocycles. The first-order valence-electron chi connectivity index (χ1n) is 13.1. The molecule has 1 saturated heterocycles. The van der Waals surface area contributed by atoms with Crippen LogP contribution in [0.15, 0.2) is 60.7 Å². The van der Waals surface area contributed by atoms with Gasteiger partial charge in [0.25, 0.3) is 0 Å². The molecule has 1 aliphatic carbocycles. The van der Waals surface area contributed by atoms with E-state index in [0.717, 1.165) is 60.5 Å². The molecule has 194 valence electrons. The minimum atomic E-state index is -0.763. The van der Waals surface area contributed by atoms with E-state index < -0.39 is 5.97 Å². The Bertz CT molecular complexity index is 1250. The summed E-state index contributed by atoms with van der Waals surface area (Å²) in [6.07, 6.45) is 4.69. The number of carbonyl (C=O) groups is 1. The lowest BCUT2D eigenvalue weighted by Crippen LogP contribution is -2.19. The fourth-order valence-corrected chi connectivity index (χ4v) is 5.39. The Kier molecular flexibility index (Phi) is 7.75. The first kappa shape index (κ1) is 25.3. The van der Waals surface area contributed by atoms with E-state index in [9.17, 15) is 14.3 Å². The summed E-state index contributed by atoms with van der Waals surface area (Å²) >= 11 is 0. The minimum Gasteiger partial charge on any atom is -0.497 e. The molecule has 1 saturated carbocycles. The zero-order chi connectivity index (χ0) is 25.8. The summed E-state index contributed by atoms with van der Waals surface area (Å²) < 4.78 is 26.4. The zero-order valence-electron chi connectivity index (χ0n) is 21.3. The van der Waals surface area contributed by atoms with E-state index in [0.29, 0.717) is 23.8 Å². The highest BCUT2D eigenvalue weighted by molar-refractivity contribution is 5.70. The highest BCUT2D eigenvalue weighted by Gasteiger charge is 2.33. The van der Waals surface area contributed by atoms with Gasteiger partial charge in [0.1, 0.15) is 23.9 Å². The standard InChI is InChI=1S/C31H34FNO4/c1-36-25-10-12-30(32)29(17-25)27-11-7-21(15-24(27)19-33-13-2-3-14-33)20-37-26-6-4-5-23(16-26)28(18-31(34)35)22-8-9-22/h4-7,10-12,15-17,22,28H,2-3,8-9,13-14,18-20H2,1H3,(H,34,35)/t28-/m1/s1. The van der Waals surface area contributed by atoms with Gasteiger partial charge in [-0.25, -0.2) is 4.39 Å². The van der Waals surface area contributed by atoms with Gasteiger partial charge in [0.05, 0.1) is 13.5 Å². The second kappa shape index (κ2) is 11.3. The van der Waals surface area contributed by atoms with Gasteiger partial charge in [0.15, 0.2) is 0 Å². The molecule has 0 bridgehead atoms. The van der Waals surface area contributed by atoms with Gasteiger partial charge in [0.2, 0.25) is 0 Å². The number of hydrogen-bond donors (Lipinski definition) is 1. The van der Waals surface area contributed by atoms with Crippen molar-refractivity contribution in [1.29, 1.82) is 0 Å². The maximum absolute atomic E-state index is 14.9. The Morgan fingerprint density at radius 2 is 1.84 bits per heavy atom. The molecule has 0 radical (unpaired) electrons. The predicted octanol–water partition coefficient (Wildman–Crippen LogP) is 6.64. The van der Waals surface area contributed by atoms with Crippen LogP contribution in [-0.2, 0) is 17.9 Å². The van der Waals surface area contributed by atoms with E-state index in [1.165, 1.54) is 18.9 Å². The summed E-state index contributed by atoms with van der Waals surface area (Å²) in [5, 5.41) is 9.36. The van der Waals surface area contributed by atoms with Crippen LogP contribution in [0.4, 0.5) is 4.39 Å². The number of aliphatic carboxylic acids is 1. The van der Waals surface area contributed by atoms with Crippen molar-refractivity contribution in [2.75, 3.05) is 20.2 Å². The van der Waals surface area contributed by atoms with Gasteiger partial charge in [-0.1, -0.05) is 30.3 Å². The summed E-state index contributed by atoms with van der Waals surface area (Å²) in [4.78, 5) is 13.8. The van der Waals surface area contributed by atoms with Crippen molar-refractivity contribution in [1.82, 2.24) is 4.90 Å². The first-order valence-corrected chi connectivity index (χ1v) is 13.1. The molecular weight excluding hydrogens is 469 g/mol. The normalized spacial score (nSPS) is 16.5. The summed E-state index contributed by atoms with van der Waals surface area (Å²) in [7, 11) is 1.59. The number of likely N-dealkylation sites (tertiary alicyclic amines) is 1. The fourth-order valence-electron chi connectivity index (χ4n) is 5.39. The lowest BCUT2D eigenvalue weighted by Gasteiger charge is -2.20. The van der Waals surface area contributed by atoms with Crippen molar-refractivity contribution >= 4 is 5.97 Å². The van der Waals surface area contributed by atoms with Crippen LogP contribution < -0.4 is 9.47 Å². The maximum Gasteiger partial charge on any atom is 0.303 e. The molecule has 1 atom stereocenters. The fraction of sp³-hybridized carbons (Fsp3) is 0.387. The number of carboxylic acids is 1. The van der Waals surface area contributed by atoms with Crippen LogP contribution in [0.5, 0.6) is 11.5 Å². The third kappa shape index (κ3) is 6.31. The highest BCUT2D eigenvalue weighted by Crippen LogP contribution is 2.45. The average molecular weight is 504 g/mol. The molecular formula is C31H34FNO4. The van der Waals surface area contributed by atoms with Gasteiger partial charge in [-0.05, 0) is 103 Å². The lowest BCUT2D eigenvalue weighted by atomic mass is 9.91. The molecule has 37 heavy (non-hydrogen) atoms. The van der Waals surface area contributed by atoms with Crippen molar-refractivity contribution in [3.8, 4) is 22.6 Å². The van der Waals surface area contributed by atoms with Crippen LogP contribution in [0.25, 0.3) is 11.1 Å². The Hall–Kier alpha value is -3.38. The molecule has 3 aromatic carbocycles. The summed E-state index contributed by atoms with van der Waals surface area (Å²) in [5.74, 6) is 0.812. The summed E-state index contributed by atoms with van der Waals surface area (Å²) in [5.41, 5.74) is 4.52. The molecule has 3 aromatic rings. The van der Waals surface area contributed by atoms with Crippen LogP contribution in [0.3, 0.4) is 0 Å². The van der Waals surface area contributed by atoms with Crippen LogP contribution in [-0.4, -0.2) is 36.2 Å². The number of halogens is 1. The van der Waals surface area contributed by atoms with Crippen LogP contribution in [0, 0.1) is 11.7 Å². The summed E-state index contributed by atoms with van der Waals surface area (Å²) in [6, 6.07) is 18.8. The van der Waals surface area contributed by atoms with E-state index in [4.69, 9.17) is 9.47 Å². The largest absolute Gasteiger partial charge is 0.497 e. The molecule has 0 spiro atoms. The Morgan fingerprint density at radius 3 is 2.57 bits per heavy atom. The monoisotopic (exact) mass is 503 g/mol. The second-order valence-corrected chi connectivity index (χ2v) is 10.2. The number of nitrogens with zero attached hydrogens (tertiary/aromatic N) is 1. The molecule has 0 amide bonds. The van der Waals surface area contributed by atoms with Crippen molar-refractivity contribution < 1.29 is 23.8 Å². The first-order chi connectivity index (χ1) is 18.0. The molecule has 5 rings (SSSR count). The topological polar surface area (TPSA) is 59.0 Å². The quantitative estimate of drug-likeness (QED) is 0.318. The minimum absolute atomic E-state index is 0.0326. The van der Waals surface area contributed by atoms with E-state index in [1.807, 2.05) is 36.4 Å². The Labute approximate surface area is 217 Å². The smallest absolute Gasteiger partial charge is 0.303 e.